The SMILES string of the molecule is CC1(C)CC(C#N)CCN1c1ccccc1. The van der Waals surface area contributed by atoms with Crippen molar-refractivity contribution in [3.8, 4) is 6.07 Å². The molecule has 0 N–H and O–H groups in total. The number of nitriles is 1. The van der Waals surface area contributed by atoms with Crippen LogP contribution in [0.25, 0.3) is 0 Å². The first-order chi connectivity index (χ1) is 7.63. The lowest BCUT2D eigenvalue weighted by atomic mass is 9.83. The topological polar surface area (TPSA) is 27.0 Å². The monoisotopic (exact) mass is 214 g/mol. The van der Waals surface area contributed by atoms with Gasteiger partial charge in [-0.3, -0.25) is 0 Å². The van der Waals surface area contributed by atoms with Crippen molar-refractivity contribution >= 4 is 5.69 Å². The molecular weight excluding hydrogens is 196 g/mol. The van der Waals surface area contributed by atoms with Crippen molar-refractivity contribution in [1.29, 1.82) is 5.26 Å². The third-order valence-corrected chi connectivity index (χ3v) is 3.43. The molecule has 1 atom stereocenters. The number of hydrogen-bond donors (Lipinski definition) is 0. The van der Waals surface area contributed by atoms with Crippen molar-refractivity contribution in [2.45, 2.75) is 32.2 Å². The predicted octanol–water partition coefficient (Wildman–Crippen LogP) is 3.21. The molecular formula is C14H18N2. The highest BCUT2D eigenvalue weighted by atomic mass is 15.2. The second-order valence-electron chi connectivity index (χ2n) is 5.12. The Labute approximate surface area is 97.5 Å². The Hall–Kier alpha value is -1.49. The zero-order chi connectivity index (χ0) is 11.6. The maximum Gasteiger partial charge on any atom is 0.0657 e. The van der Waals surface area contributed by atoms with Crippen LogP contribution in [0.2, 0.25) is 0 Å². The van der Waals surface area contributed by atoms with E-state index in [1.54, 1.807) is 0 Å². The number of rotatable bonds is 1. The van der Waals surface area contributed by atoms with Crippen LogP contribution in [0, 0.1) is 17.2 Å². The molecule has 1 saturated heterocycles. The van der Waals surface area contributed by atoms with Crippen LogP contribution in [0.15, 0.2) is 30.3 Å². The molecule has 1 fully saturated rings. The van der Waals surface area contributed by atoms with Gasteiger partial charge in [-0.15, -0.1) is 0 Å². The Balaban J connectivity index is 2.22. The van der Waals surface area contributed by atoms with Crippen LogP contribution < -0.4 is 4.90 Å². The molecule has 0 amide bonds. The van der Waals surface area contributed by atoms with Gasteiger partial charge in [0.05, 0.1) is 12.0 Å². The van der Waals surface area contributed by atoms with Gasteiger partial charge in [0.25, 0.3) is 0 Å². The molecule has 1 aliphatic rings. The molecule has 0 bridgehead atoms. The van der Waals surface area contributed by atoms with E-state index in [0.717, 1.165) is 19.4 Å². The van der Waals surface area contributed by atoms with E-state index in [0.29, 0.717) is 0 Å². The molecule has 1 unspecified atom stereocenters. The Bertz CT molecular complexity index is 389. The molecule has 0 aliphatic carbocycles. The zero-order valence-electron chi connectivity index (χ0n) is 9.98. The summed E-state index contributed by atoms with van der Waals surface area (Å²) in [5.41, 5.74) is 1.35. The summed E-state index contributed by atoms with van der Waals surface area (Å²) < 4.78 is 0. The van der Waals surface area contributed by atoms with Gasteiger partial charge >= 0.3 is 0 Å². The summed E-state index contributed by atoms with van der Waals surface area (Å²) in [6, 6.07) is 12.9. The number of piperidine rings is 1. The summed E-state index contributed by atoms with van der Waals surface area (Å²) in [6.45, 7) is 5.43. The van der Waals surface area contributed by atoms with Crippen molar-refractivity contribution in [2.24, 2.45) is 5.92 Å². The van der Waals surface area contributed by atoms with E-state index in [9.17, 15) is 0 Å². The van der Waals surface area contributed by atoms with E-state index in [4.69, 9.17) is 5.26 Å². The Morgan fingerprint density at radius 2 is 2.00 bits per heavy atom. The predicted molar refractivity (Wildman–Crippen MR) is 66.2 cm³/mol. The first kappa shape index (κ1) is 11.0. The van der Waals surface area contributed by atoms with Crippen LogP contribution in [-0.4, -0.2) is 12.1 Å². The van der Waals surface area contributed by atoms with Crippen molar-refractivity contribution in [2.75, 3.05) is 11.4 Å². The van der Waals surface area contributed by atoms with Crippen molar-refractivity contribution in [1.82, 2.24) is 0 Å². The van der Waals surface area contributed by atoms with Gasteiger partial charge in [-0.1, -0.05) is 18.2 Å². The maximum atomic E-state index is 9.01. The van der Waals surface area contributed by atoms with E-state index in [2.05, 4.69) is 49.1 Å². The standard InChI is InChI=1S/C14H18N2/c1-14(2)10-12(11-15)8-9-16(14)13-6-4-3-5-7-13/h3-7,12H,8-10H2,1-2H3. The number of anilines is 1. The summed E-state index contributed by atoms with van der Waals surface area (Å²) in [5.74, 6) is 0.218. The van der Waals surface area contributed by atoms with E-state index in [1.807, 2.05) is 6.07 Å². The highest BCUT2D eigenvalue weighted by molar-refractivity contribution is 5.49. The summed E-state index contributed by atoms with van der Waals surface area (Å²) in [5, 5.41) is 9.01. The van der Waals surface area contributed by atoms with Gasteiger partial charge in [0.15, 0.2) is 0 Å². The second kappa shape index (κ2) is 4.17. The molecule has 1 aromatic rings. The first-order valence-electron chi connectivity index (χ1n) is 5.86. The molecule has 1 heterocycles. The molecule has 2 rings (SSSR count). The fourth-order valence-electron chi connectivity index (χ4n) is 2.60. The third kappa shape index (κ3) is 2.04. The van der Waals surface area contributed by atoms with Crippen molar-refractivity contribution in [3.63, 3.8) is 0 Å². The number of para-hydroxylation sites is 1. The fourth-order valence-corrected chi connectivity index (χ4v) is 2.60. The average molecular weight is 214 g/mol. The van der Waals surface area contributed by atoms with Gasteiger partial charge in [-0.25, -0.2) is 0 Å². The van der Waals surface area contributed by atoms with Crippen molar-refractivity contribution < 1.29 is 0 Å². The molecule has 0 radical (unpaired) electrons. The Morgan fingerprint density at radius 3 is 2.56 bits per heavy atom. The minimum Gasteiger partial charge on any atom is -0.366 e. The largest absolute Gasteiger partial charge is 0.366 e. The van der Waals surface area contributed by atoms with Gasteiger partial charge in [0.2, 0.25) is 0 Å². The summed E-state index contributed by atoms with van der Waals surface area (Å²) in [6.07, 6.45) is 1.94. The van der Waals surface area contributed by atoms with E-state index < -0.39 is 0 Å². The fraction of sp³-hybridized carbons (Fsp3) is 0.500. The minimum atomic E-state index is 0.0833. The van der Waals surface area contributed by atoms with Crippen LogP contribution in [0.1, 0.15) is 26.7 Å². The van der Waals surface area contributed by atoms with E-state index >= 15 is 0 Å². The molecule has 0 spiro atoms. The van der Waals surface area contributed by atoms with Crippen LogP contribution in [0.5, 0.6) is 0 Å². The lowest BCUT2D eigenvalue weighted by molar-refractivity contribution is 0.315. The number of hydrogen-bond acceptors (Lipinski definition) is 2. The van der Waals surface area contributed by atoms with Gasteiger partial charge in [0.1, 0.15) is 0 Å². The van der Waals surface area contributed by atoms with Crippen molar-refractivity contribution in [3.05, 3.63) is 30.3 Å². The normalized spacial score (nSPS) is 23.8. The Kier molecular flexibility index (Phi) is 2.87. The quantitative estimate of drug-likeness (QED) is 0.717. The number of benzene rings is 1. The van der Waals surface area contributed by atoms with Gasteiger partial charge in [-0.05, 0) is 38.8 Å². The molecule has 84 valence electrons. The van der Waals surface area contributed by atoms with E-state index in [-0.39, 0.29) is 11.5 Å². The van der Waals surface area contributed by atoms with Gasteiger partial charge in [0, 0.05) is 17.8 Å². The second-order valence-corrected chi connectivity index (χ2v) is 5.12. The summed E-state index contributed by atoms with van der Waals surface area (Å²) >= 11 is 0. The van der Waals surface area contributed by atoms with Gasteiger partial charge in [-0.2, -0.15) is 5.26 Å². The maximum absolute atomic E-state index is 9.01. The van der Waals surface area contributed by atoms with Crippen LogP contribution in [0.4, 0.5) is 5.69 Å². The van der Waals surface area contributed by atoms with Crippen LogP contribution in [-0.2, 0) is 0 Å². The Morgan fingerprint density at radius 1 is 1.31 bits per heavy atom. The first-order valence-corrected chi connectivity index (χ1v) is 5.86. The van der Waals surface area contributed by atoms with E-state index in [1.165, 1.54) is 5.69 Å². The van der Waals surface area contributed by atoms with Gasteiger partial charge < -0.3 is 4.90 Å². The lowest BCUT2D eigenvalue weighted by Crippen LogP contribution is -2.50. The highest BCUT2D eigenvalue weighted by Gasteiger charge is 2.34. The molecule has 2 nitrogen and oxygen atoms in total. The molecule has 0 saturated carbocycles. The lowest BCUT2D eigenvalue weighted by Gasteiger charge is -2.45. The molecule has 0 aromatic heterocycles. The molecule has 16 heavy (non-hydrogen) atoms. The van der Waals surface area contributed by atoms with Crippen LogP contribution >= 0.6 is 0 Å². The summed E-state index contributed by atoms with van der Waals surface area (Å²) in [4.78, 5) is 2.42. The van der Waals surface area contributed by atoms with Crippen LogP contribution in [0.3, 0.4) is 0 Å². The number of nitrogens with zero attached hydrogens (tertiary/aromatic N) is 2. The molecule has 2 heteroatoms. The molecule has 1 aromatic carbocycles. The minimum absolute atomic E-state index is 0.0833. The smallest absolute Gasteiger partial charge is 0.0657 e. The third-order valence-electron chi connectivity index (χ3n) is 3.43. The average Bonchev–Trinajstić information content (AvgIpc) is 2.28. The zero-order valence-corrected chi connectivity index (χ0v) is 9.98. The molecule has 1 aliphatic heterocycles. The summed E-state index contributed by atoms with van der Waals surface area (Å²) in [7, 11) is 0. The highest BCUT2D eigenvalue weighted by Crippen LogP contribution is 2.34.